The second-order valence-electron chi connectivity index (χ2n) is 4.31. The predicted octanol–water partition coefficient (Wildman–Crippen LogP) is 2.11. The maximum atomic E-state index is 12.0. The second-order valence-corrected chi connectivity index (χ2v) is 4.31. The van der Waals surface area contributed by atoms with Gasteiger partial charge in [0.1, 0.15) is 5.75 Å². The van der Waals surface area contributed by atoms with Crippen LogP contribution in [0.2, 0.25) is 0 Å². The number of benzene rings is 1. The van der Waals surface area contributed by atoms with Crippen LogP contribution < -0.4 is 10.1 Å². The van der Waals surface area contributed by atoms with Gasteiger partial charge in [0.05, 0.1) is 0 Å². The molecule has 0 saturated carbocycles. The third kappa shape index (κ3) is 7.19. The van der Waals surface area contributed by atoms with Gasteiger partial charge >= 0.3 is 12.3 Å². The number of halogens is 3. The van der Waals surface area contributed by atoms with Gasteiger partial charge in [-0.05, 0) is 30.5 Å². The van der Waals surface area contributed by atoms with E-state index in [1.54, 1.807) is 0 Å². The average molecular weight is 305 g/mol. The number of alkyl halides is 3. The van der Waals surface area contributed by atoms with E-state index >= 15 is 0 Å². The molecular weight excluding hydrogens is 291 g/mol. The minimum atomic E-state index is -4.75. The summed E-state index contributed by atoms with van der Waals surface area (Å²) in [6.07, 6.45) is -3.84. The van der Waals surface area contributed by atoms with E-state index < -0.39 is 18.4 Å². The van der Waals surface area contributed by atoms with Crippen molar-refractivity contribution in [3.63, 3.8) is 0 Å². The largest absolute Gasteiger partial charge is 0.573 e. The lowest BCUT2D eigenvalue weighted by Gasteiger charge is -2.15. The van der Waals surface area contributed by atoms with Crippen LogP contribution >= 0.6 is 0 Å². The fourth-order valence-corrected chi connectivity index (χ4v) is 1.75. The number of aliphatic carboxylic acids is 1. The van der Waals surface area contributed by atoms with Crippen LogP contribution in [0.3, 0.4) is 0 Å². The molecule has 1 rings (SSSR count). The molecule has 0 bridgehead atoms. The number of carboxylic acids is 1. The first kappa shape index (κ1) is 16.8. The lowest BCUT2D eigenvalue weighted by Crippen LogP contribution is -2.30. The molecule has 0 fully saturated rings. The van der Waals surface area contributed by atoms with Gasteiger partial charge in [0.25, 0.3) is 0 Å². The van der Waals surface area contributed by atoms with Crippen molar-refractivity contribution < 1.29 is 32.6 Å². The number of ether oxygens (including phenoxy) is 1. The first-order chi connectivity index (χ1) is 9.80. The maximum Gasteiger partial charge on any atom is 0.573 e. The number of rotatable bonds is 8. The number of hydrogen-bond acceptors (Lipinski definition) is 3. The summed E-state index contributed by atoms with van der Waals surface area (Å²) < 4.78 is 39.7. The first-order valence-corrected chi connectivity index (χ1v) is 6.06. The average Bonchev–Trinajstić information content (AvgIpc) is 2.37. The molecule has 0 aliphatic rings. The number of carbonyl (C=O) groups excluding carboxylic acids is 1. The first-order valence-electron chi connectivity index (χ1n) is 6.06. The van der Waals surface area contributed by atoms with E-state index in [0.29, 0.717) is 18.4 Å². The Morgan fingerprint density at radius 3 is 2.43 bits per heavy atom. The maximum absolute atomic E-state index is 12.0. The minimum absolute atomic E-state index is 0.110. The molecule has 0 aromatic heterocycles. The lowest BCUT2D eigenvalue weighted by atomic mass is 10.0. The molecule has 8 heteroatoms. The van der Waals surface area contributed by atoms with E-state index in [9.17, 15) is 22.8 Å². The highest BCUT2D eigenvalue weighted by atomic mass is 19.4. The van der Waals surface area contributed by atoms with Gasteiger partial charge in [-0.3, -0.25) is 9.59 Å². The van der Waals surface area contributed by atoms with Gasteiger partial charge in [-0.15, -0.1) is 13.2 Å². The summed E-state index contributed by atoms with van der Waals surface area (Å²) in [6, 6.07) is 4.80. The van der Waals surface area contributed by atoms with Crippen molar-refractivity contribution in [3.8, 4) is 5.75 Å². The number of carbonyl (C=O) groups is 2. The molecule has 0 spiro atoms. The van der Waals surface area contributed by atoms with E-state index in [1.807, 2.05) is 0 Å². The van der Waals surface area contributed by atoms with Gasteiger partial charge in [-0.25, -0.2) is 0 Å². The van der Waals surface area contributed by atoms with Crippen LogP contribution in [0.4, 0.5) is 13.2 Å². The predicted molar refractivity (Wildman–Crippen MR) is 66.7 cm³/mol. The summed E-state index contributed by atoms with van der Waals surface area (Å²) in [5.74, 6) is -1.32. The van der Waals surface area contributed by atoms with Gasteiger partial charge in [0, 0.05) is 12.5 Å². The van der Waals surface area contributed by atoms with Gasteiger partial charge in [-0.2, -0.15) is 0 Å². The highest BCUT2D eigenvalue weighted by Crippen LogP contribution is 2.23. The van der Waals surface area contributed by atoms with E-state index in [1.165, 1.54) is 12.1 Å². The Balaban J connectivity index is 2.62. The molecule has 2 N–H and O–H groups in total. The minimum Gasteiger partial charge on any atom is -0.481 e. The third-order valence-corrected chi connectivity index (χ3v) is 2.65. The van der Waals surface area contributed by atoms with Crippen molar-refractivity contribution in [2.75, 3.05) is 0 Å². The van der Waals surface area contributed by atoms with Crippen LogP contribution in [0.25, 0.3) is 0 Å². The molecule has 0 saturated heterocycles. The number of carboxylic acid groups (broad SMARTS) is 1. The number of nitrogens with one attached hydrogen (secondary N) is 1. The van der Waals surface area contributed by atoms with Crippen LogP contribution in [0.1, 0.15) is 18.4 Å². The van der Waals surface area contributed by atoms with Crippen LogP contribution in [-0.2, 0) is 16.0 Å². The molecule has 0 aliphatic carbocycles. The van der Waals surface area contributed by atoms with E-state index in [0.717, 1.165) is 12.1 Å². The Kier molecular flexibility index (Phi) is 6.01. The molecule has 1 unspecified atom stereocenters. The third-order valence-electron chi connectivity index (χ3n) is 2.65. The Bertz CT molecular complexity index is 473. The summed E-state index contributed by atoms with van der Waals surface area (Å²) in [5, 5.41) is 11.1. The highest BCUT2D eigenvalue weighted by molar-refractivity contribution is 5.66. The lowest BCUT2D eigenvalue weighted by molar-refractivity contribution is -0.274. The van der Waals surface area contributed by atoms with Crippen LogP contribution in [-0.4, -0.2) is 29.9 Å². The smallest absolute Gasteiger partial charge is 0.481 e. The van der Waals surface area contributed by atoms with Crippen molar-refractivity contribution in [1.82, 2.24) is 5.32 Å². The fraction of sp³-hybridized carbons (Fsp3) is 0.385. The van der Waals surface area contributed by atoms with Crippen molar-refractivity contribution in [1.29, 1.82) is 0 Å². The van der Waals surface area contributed by atoms with E-state index in [2.05, 4.69) is 10.1 Å². The van der Waals surface area contributed by atoms with E-state index in [4.69, 9.17) is 5.11 Å². The normalized spacial score (nSPS) is 12.5. The summed E-state index contributed by atoms with van der Waals surface area (Å²) in [7, 11) is 0. The standard InChI is InChI=1S/C13H14F3NO4/c14-13(15,16)21-11-4-1-9(2-5-11)7-10(17-8-18)3-6-12(19)20/h1-2,4-5,8,10H,3,6-7H2,(H,17,18)(H,19,20). The topological polar surface area (TPSA) is 75.6 Å². The van der Waals surface area contributed by atoms with Crippen LogP contribution in [0.5, 0.6) is 5.75 Å². The summed E-state index contributed by atoms with van der Waals surface area (Å²) in [5.41, 5.74) is 0.661. The second kappa shape index (κ2) is 7.51. The molecule has 1 aromatic rings. The monoisotopic (exact) mass is 305 g/mol. The van der Waals surface area contributed by atoms with Gasteiger partial charge in [-0.1, -0.05) is 12.1 Å². The Morgan fingerprint density at radius 2 is 1.95 bits per heavy atom. The molecular formula is C13H14F3NO4. The zero-order valence-electron chi connectivity index (χ0n) is 10.9. The Hall–Kier alpha value is -2.25. The highest BCUT2D eigenvalue weighted by Gasteiger charge is 2.30. The van der Waals surface area contributed by atoms with Crippen molar-refractivity contribution in [3.05, 3.63) is 29.8 Å². The Labute approximate surface area is 118 Å². The number of amides is 1. The van der Waals surface area contributed by atoms with Crippen molar-refractivity contribution in [2.45, 2.75) is 31.7 Å². The quantitative estimate of drug-likeness (QED) is 0.721. The molecule has 1 amide bonds. The zero-order valence-corrected chi connectivity index (χ0v) is 10.9. The fourth-order valence-electron chi connectivity index (χ4n) is 1.75. The van der Waals surface area contributed by atoms with Gasteiger partial charge < -0.3 is 15.2 Å². The number of hydrogen-bond donors (Lipinski definition) is 2. The molecule has 1 aromatic carbocycles. The molecule has 0 heterocycles. The zero-order chi connectivity index (χ0) is 15.9. The van der Waals surface area contributed by atoms with Gasteiger partial charge in [0.2, 0.25) is 6.41 Å². The van der Waals surface area contributed by atoms with E-state index in [-0.39, 0.29) is 18.6 Å². The summed E-state index contributed by atoms with van der Waals surface area (Å²) >= 11 is 0. The van der Waals surface area contributed by atoms with Crippen LogP contribution in [0.15, 0.2) is 24.3 Å². The van der Waals surface area contributed by atoms with Gasteiger partial charge in [0.15, 0.2) is 0 Å². The Morgan fingerprint density at radius 1 is 1.33 bits per heavy atom. The molecule has 5 nitrogen and oxygen atoms in total. The van der Waals surface area contributed by atoms with Crippen LogP contribution in [0, 0.1) is 0 Å². The molecule has 0 aliphatic heterocycles. The molecule has 0 radical (unpaired) electrons. The summed E-state index contributed by atoms with van der Waals surface area (Å²) in [4.78, 5) is 21.0. The molecule has 1 atom stereocenters. The summed E-state index contributed by atoms with van der Waals surface area (Å²) in [6.45, 7) is 0. The van der Waals surface area contributed by atoms with Crippen molar-refractivity contribution in [2.24, 2.45) is 0 Å². The molecule has 116 valence electrons. The SMILES string of the molecule is O=CNC(CCC(=O)O)Cc1ccc(OC(F)(F)F)cc1. The van der Waals surface area contributed by atoms with Crippen molar-refractivity contribution >= 4 is 12.4 Å². The molecule has 21 heavy (non-hydrogen) atoms.